The lowest BCUT2D eigenvalue weighted by atomic mass is 10.2. The van der Waals surface area contributed by atoms with Crippen molar-refractivity contribution in [1.29, 1.82) is 0 Å². The Balaban J connectivity index is 1.19. The Kier molecular flexibility index (Phi) is 5.39. The second kappa shape index (κ2) is 8.69. The van der Waals surface area contributed by atoms with Crippen LogP contribution in [0.1, 0.15) is 30.1 Å². The standard InChI is InChI=1S/C24H26FN9/c1-32-8-10-33(11-9-32)14-16-2-6-20(26-12-16)28-24-27-13-19(25)22(29-24)18-5-7-21-30-31-23(17-3-4-17)34(21)15-18/h2,5-7,12-13,15,17H,3-4,8-11,14H2,1H3,(H,26,27,28,29). The van der Waals surface area contributed by atoms with Gasteiger partial charge in [0.15, 0.2) is 11.5 Å². The minimum atomic E-state index is -0.485. The summed E-state index contributed by atoms with van der Waals surface area (Å²) >= 11 is 0. The van der Waals surface area contributed by atoms with Crippen molar-refractivity contribution in [2.45, 2.75) is 25.3 Å². The summed E-state index contributed by atoms with van der Waals surface area (Å²) in [4.78, 5) is 17.8. The largest absolute Gasteiger partial charge is 0.309 e. The molecule has 174 valence electrons. The van der Waals surface area contributed by atoms with Gasteiger partial charge >= 0.3 is 0 Å². The second-order valence-corrected chi connectivity index (χ2v) is 9.12. The number of aromatic nitrogens is 6. The van der Waals surface area contributed by atoms with E-state index in [1.807, 2.05) is 28.9 Å². The van der Waals surface area contributed by atoms with Crippen molar-refractivity contribution in [3.63, 3.8) is 0 Å². The summed E-state index contributed by atoms with van der Waals surface area (Å²) in [5, 5.41) is 11.6. The van der Waals surface area contributed by atoms with Crippen LogP contribution in [0.2, 0.25) is 0 Å². The van der Waals surface area contributed by atoms with Gasteiger partial charge in [0.05, 0.1) is 6.20 Å². The van der Waals surface area contributed by atoms with E-state index in [2.05, 4.69) is 53.4 Å². The average molecular weight is 460 g/mol. The molecule has 1 saturated heterocycles. The lowest BCUT2D eigenvalue weighted by Crippen LogP contribution is -2.43. The number of pyridine rings is 2. The quantitative estimate of drug-likeness (QED) is 0.471. The molecular formula is C24H26FN9. The molecule has 6 rings (SSSR count). The van der Waals surface area contributed by atoms with Gasteiger partial charge in [-0.25, -0.2) is 19.3 Å². The molecule has 2 fully saturated rings. The van der Waals surface area contributed by atoms with E-state index in [9.17, 15) is 4.39 Å². The summed E-state index contributed by atoms with van der Waals surface area (Å²) in [5.74, 6) is 1.78. The van der Waals surface area contributed by atoms with Crippen LogP contribution in [0.15, 0.2) is 42.9 Å². The highest BCUT2D eigenvalue weighted by molar-refractivity contribution is 5.63. The Labute approximate surface area is 196 Å². The van der Waals surface area contributed by atoms with Gasteiger partial charge in [0.2, 0.25) is 5.95 Å². The van der Waals surface area contributed by atoms with Crippen LogP contribution in [0.3, 0.4) is 0 Å². The third-order valence-corrected chi connectivity index (χ3v) is 6.46. The number of fused-ring (bicyclic) bond motifs is 1. The first kappa shape index (κ1) is 21.1. The maximum atomic E-state index is 14.7. The highest BCUT2D eigenvalue weighted by Crippen LogP contribution is 2.39. The molecule has 34 heavy (non-hydrogen) atoms. The van der Waals surface area contributed by atoms with Crippen LogP contribution in [-0.2, 0) is 6.54 Å². The zero-order valence-electron chi connectivity index (χ0n) is 19.0. The van der Waals surface area contributed by atoms with Gasteiger partial charge in [-0.1, -0.05) is 6.07 Å². The highest BCUT2D eigenvalue weighted by atomic mass is 19.1. The van der Waals surface area contributed by atoms with Gasteiger partial charge in [-0.2, -0.15) is 0 Å². The van der Waals surface area contributed by atoms with Crippen LogP contribution in [-0.4, -0.2) is 72.6 Å². The van der Waals surface area contributed by atoms with Crippen molar-refractivity contribution in [3.8, 4) is 11.3 Å². The van der Waals surface area contributed by atoms with E-state index < -0.39 is 5.82 Å². The summed E-state index contributed by atoms with van der Waals surface area (Å²) in [6.45, 7) is 5.18. The molecule has 0 unspecified atom stereocenters. The second-order valence-electron chi connectivity index (χ2n) is 9.12. The number of anilines is 2. The molecule has 10 heteroatoms. The minimum absolute atomic E-state index is 0.224. The number of nitrogens with zero attached hydrogens (tertiary/aromatic N) is 8. The summed E-state index contributed by atoms with van der Waals surface area (Å²) < 4.78 is 16.6. The fourth-order valence-corrected chi connectivity index (χ4v) is 4.27. The normalized spacial score (nSPS) is 17.4. The van der Waals surface area contributed by atoms with Gasteiger partial charge in [0, 0.05) is 56.6 Å². The zero-order chi connectivity index (χ0) is 23.1. The molecule has 0 aromatic carbocycles. The summed E-state index contributed by atoms with van der Waals surface area (Å²) in [5.41, 5.74) is 2.78. The predicted octanol–water partition coefficient (Wildman–Crippen LogP) is 3.09. The highest BCUT2D eigenvalue weighted by Gasteiger charge is 2.28. The molecule has 2 aliphatic rings. The molecule has 4 aromatic heterocycles. The molecule has 0 spiro atoms. The number of piperazine rings is 1. The molecular weight excluding hydrogens is 433 g/mol. The van der Waals surface area contributed by atoms with E-state index in [1.165, 1.54) is 6.20 Å². The fraction of sp³-hybridized carbons (Fsp3) is 0.375. The van der Waals surface area contributed by atoms with Crippen LogP contribution in [0, 0.1) is 5.82 Å². The average Bonchev–Trinajstić information content (AvgIpc) is 3.61. The topological polar surface area (TPSA) is 87.4 Å². The molecule has 1 saturated carbocycles. The van der Waals surface area contributed by atoms with Crippen molar-refractivity contribution in [1.82, 2.24) is 39.3 Å². The van der Waals surface area contributed by atoms with Crippen LogP contribution in [0.25, 0.3) is 16.9 Å². The number of nitrogens with one attached hydrogen (secondary N) is 1. The van der Waals surface area contributed by atoms with E-state index in [-0.39, 0.29) is 5.69 Å². The molecule has 1 aliphatic carbocycles. The number of hydrogen-bond donors (Lipinski definition) is 1. The molecule has 9 nitrogen and oxygen atoms in total. The number of rotatable bonds is 6. The van der Waals surface area contributed by atoms with Crippen molar-refractivity contribution in [2.24, 2.45) is 0 Å². The Morgan fingerprint density at radius 1 is 1.00 bits per heavy atom. The molecule has 0 bridgehead atoms. The van der Waals surface area contributed by atoms with Gasteiger partial charge in [-0.3, -0.25) is 9.30 Å². The summed E-state index contributed by atoms with van der Waals surface area (Å²) in [7, 11) is 2.15. The third-order valence-electron chi connectivity index (χ3n) is 6.46. The molecule has 0 radical (unpaired) electrons. The molecule has 4 aromatic rings. The first-order valence-corrected chi connectivity index (χ1v) is 11.6. The van der Waals surface area contributed by atoms with Crippen molar-refractivity contribution in [3.05, 3.63) is 60.1 Å². The summed E-state index contributed by atoms with van der Waals surface area (Å²) in [6.07, 6.45) is 7.13. The van der Waals surface area contributed by atoms with Gasteiger partial charge in [-0.15, -0.1) is 10.2 Å². The van der Waals surface area contributed by atoms with Crippen molar-refractivity contribution in [2.75, 3.05) is 38.5 Å². The van der Waals surface area contributed by atoms with E-state index >= 15 is 0 Å². The zero-order valence-corrected chi connectivity index (χ0v) is 19.0. The van der Waals surface area contributed by atoms with E-state index in [0.29, 0.717) is 23.2 Å². The van der Waals surface area contributed by atoms with Crippen molar-refractivity contribution < 1.29 is 4.39 Å². The minimum Gasteiger partial charge on any atom is -0.309 e. The predicted molar refractivity (Wildman–Crippen MR) is 126 cm³/mol. The van der Waals surface area contributed by atoms with Crippen LogP contribution >= 0.6 is 0 Å². The maximum Gasteiger partial charge on any atom is 0.229 e. The van der Waals surface area contributed by atoms with E-state index in [4.69, 9.17) is 0 Å². The van der Waals surface area contributed by atoms with Crippen LogP contribution in [0.4, 0.5) is 16.2 Å². The van der Waals surface area contributed by atoms with Crippen LogP contribution < -0.4 is 5.32 Å². The molecule has 0 atom stereocenters. The van der Waals surface area contributed by atoms with Gasteiger partial charge in [0.1, 0.15) is 17.3 Å². The van der Waals surface area contributed by atoms with Crippen LogP contribution in [0.5, 0.6) is 0 Å². The number of likely N-dealkylation sites (N-methyl/N-ethyl adjacent to an activating group) is 1. The van der Waals surface area contributed by atoms with Gasteiger partial charge in [-0.05, 0) is 43.7 Å². The SMILES string of the molecule is CN1CCN(Cc2ccc(Nc3ncc(F)c(-c4ccc5nnc(C6CC6)n5c4)n3)nc2)CC1. The Morgan fingerprint density at radius 2 is 1.85 bits per heavy atom. The third kappa shape index (κ3) is 4.34. The maximum absolute atomic E-state index is 14.7. The molecule has 1 N–H and O–H groups in total. The monoisotopic (exact) mass is 459 g/mol. The lowest BCUT2D eigenvalue weighted by Gasteiger charge is -2.32. The lowest BCUT2D eigenvalue weighted by molar-refractivity contribution is 0.148. The number of halogens is 1. The van der Waals surface area contributed by atoms with Gasteiger partial charge in [0.25, 0.3) is 0 Å². The summed E-state index contributed by atoms with van der Waals surface area (Å²) in [6, 6.07) is 7.60. The number of hydrogen-bond acceptors (Lipinski definition) is 8. The van der Waals surface area contributed by atoms with Crippen molar-refractivity contribution >= 4 is 17.4 Å². The first-order chi connectivity index (χ1) is 16.6. The van der Waals surface area contributed by atoms with E-state index in [0.717, 1.165) is 62.6 Å². The Bertz CT molecular complexity index is 1310. The molecule has 5 heterocycles. The van der Waals surface area contributed by atoms with Gasteiger partial charge < -0.3 is 10.2 Å². The first-order valence-electron chi connectivity index (χ1n) is 11.6. The Hall–Kier alpha value is -3.50. The Morgan fingerprint density at radius 3 is 2.62 bits per heavy atom. The molecule has 0 amide bonds. The molecule has 1 aliphatic heterocycles. The van der Waals surface area contributed by atoms with E-state index in [1.54, 1.807) is 6.07 Å². The smallest absolute Gasteiger partial charge is 0.229 e. The fourth-order valence-electron chi connectivity index (χ4n) is 4.27.